The molecule has 1 heterocycles. The Morgan fingerprint density at radius 3 is 2.28 bits per heavy atom. The number of aromatic carboxylic acids is 1. The number of carbonyl (C=O) groups excluding carboxylic acids is 1. The van der Waals surface area contributed by atoms with Crippen LogP contribution in [0.4, 0.5) is 13.2 Å². The zero-order chi connectivity index (χ0) is 23.7. The van der Waals surface area contributed by atoms with E-state index >= 15 is 0 Å². The van der Waals surface area contributed by atoms with Crippen LogP contribution >= 0.6 is 11.6 Å². The van der Waals surface area contributed by atoms with Crippen molar-refractivity contribution in [2.45, 2.75) is 30.0 Å². The Labute approximate surface area is 186 Å². The molecule has 2 N–H and O–H groups in total. The number of alkyl halides is 3. The monoisotopic (exact) mass is 490 g/mol. The number of carboxylic acid groups (broad SMARTS) is 1. The van der Waals surface area contributed by atoms with Crippen LogP contribution in [0.2, 0.25) is 5.02 Å². The second-order valence-corrected chi connectivity index (χ2v) is 9.30. The van der Waals surface area contributed by atoms with E-state index in [9.17, 15) is 36.3 Å². The minimum atomic E-state index is -4.68. The van der Waals surface area contributed by atoms with Crippen molar-refractivity contribution >= 4 is 33.5 Å². The van der Waals surface area contributed by atoms with Crippen LogP contribution in [0.1, 0.15) is 39.1 Å². The van der Waals surface area contributed by atoms with Crippen LogP contribution in [0.5, 0.6) is 0 Å². The fourth-order valence-electron chi connectivity index (χ4n) is 3.47. The number of hydrogen-bond acceptors (Lipinski definition) is 4. The van der Waals surface area contributed by atoms with Gasteiger partial charge < -0.3 is 10.0 Å². The van der Waals surface area contributed by atoms with Gasteiger partial charge in [-0.15, -0.1) is 0 Å². The maximum atomic E-state index is 13.2. The first-order chi connectivity index (χ1) is 14.9. The standard InChI is InChI=1S/C20H18ClF3N2O5S/c21-12-5-6-17(15(11-12)19(28)29)32(30,31)25-13-7-9-26(10-8-13)18(27)14-3-1-2-4-16(14)20(22,23)24/h1-6,11,13,25H,7-10H2,(H,28,29). The molecule has 2 aromatic rings. The van der Waals surface area contributed by atoms with Gasteiger partial charge in [-0.1, -0.05) is 23.7 Å². The molecule has 172 valence electrons. The molecule has 1 aliphatic heterocycles. The molecule has 1 aliphatic rings. The van der Waals surface area contributed by atoms with E-state index in [0.29, 0.717) is 0 Å². The first kappa shape index (κ1) is 24.0. The zero-order valence-corrected chi connectivity index (χ0v) is 18.0. The molecule has 0 atom stereocenters. The summed E-state index contributed by atoms with van der Waals surface area (Å²) >= 11 is 5.75. The van der Waals surface area contributed by atoms with Gasteiger partial charge in [-0.3, -0.25) is 4.79 Å². The summed E-state index contributed by atoms with van der Waals surface area (Å²) in [7, 11) is -4.21. The van der Waals surface area contributed by atoms with Crippen molar-refractivity contribution < 1.29 is 36.3 Å². The number of amides is 1. The fraction of sp³-hybridized carbons (Fsp3) is 0.300. The largest absolute Gasteiger partial charge is 0.478 e. The van der Waals surface area contributed by atoms with Gasteiger partial charge in [0.1, 0.15) is 0 Å². The summed E-state index contributed by atoms with van der Waals surface area (Å²) in [5.41, 5.74) is -1.98. The highest BCUT2D eigenvalue weighted by atomic mass is 35.5. The van der Waals surface area contributed by atoms with Gasteiger partial charge in [0.15, 0.2) is 0 Å². The Hall–Kier alpha value is -2.63. The van der Waals surface area contributed by atoms with E-state index in [1.807, 2.05) is 0 Å². The highest BCUT2D eigenvalue weighted by Crippen LogP contribution is 2.33. The van der Waals surface area contributed by atoms with Crippen LogP contribution in [0, 0.1) is 0 Å². The molecule has 2 aromatic carbocycles. The van der Waals surface area contributed by atoms with Gasteiger partial charge in [0.25, 0.3) is 5.91 Å². The van der Waals surface area contributed by atoms with E-state index < -0.39 is 55.7 Å². The van der Waals surface area contributed by atoms with Crippen molar-refractivity contribution in [2.75, 3.05) is 13.1 Å². The maximum absolute atomic E-state index is 13.2. The van der Waals surface area contributed by atoms with Crippen molar-refractivity contribution in [3.8, 4) is 0 Å². The molecule has 12 heteroatoms. The Kier molecular flexibility index (Phi) is 6.82. The lowest BCUT2D eigenvalue weighted by molar-refractivity contribution is -0.138. The molecule has 1 fully saturated rings. The predicted molar refractivity (Wildman–Crippen MR) is 109 cm³/mol. The highest BCUT2D eigenvalue weighted by Gasteiger charge is 2.37. The molecule has 0 unspecified atom stereocenters. The second kappa shape index (κ2) is 9.08. The zero-order valence-electron chi connectivity index (χ0n) is 16.4. The lowest BCUT2D eigenvalue weighted by Crippen LogP contribution is -2.47. The summed E-state index contributed by atoms with van der Waals surface area (Å²) in [6, 6.07) is 7.21. The normalized spacial score (nSPS) is 15.6. The number of benzene rings is 2. The Morgan fingerprint density at radius 1 is 1.06 bits per heavy atom. The van der Waals surface area contributed by atoms with Crippen molar-refractivity contribution in [1.82, 2.24) is 9.62 Å². The van der Waals surface area contributed by atoms with Crippen LogP contribution in [0.3, 0.4) is 0 Å². The van der Waals surface area contributed by atoms with Crippen molar-refractivity contribution in [3.63, 3.8) is 0 Å². The van der Waals surface area contributed by atoms with Crippen LogP contribution < -0.4 is 4.72 Å². The van der Waals surface area contributed by atoms with E-state index in [4.69, 9.17) is 11.6 Å². The van der Waals surface area contributed by atoms with E-state index in [0.717, 1.165) is 24.3 Å². The predicted octanol–water partition coefficient (Wildman–Crippen LogP) is 3.64. The summed E-state index contributed by atoms with van der Waals surface area (Å²) in [4.78, 5) is 24.8. The smallest absolute Gasteiger partial charge is 0.417 e. The average molecular weight is 491 g/mol. The van der Waals surface area contributed by atoms with Gasteiger partial charge in [0.05, 0.1) is 21.6 Å². The maximum Gasteiger partial charge on any atom is 0.417 e. The van der Waals surface area contributed by atoms with E-state index in [2.05, 4.69) is 4.72 Å². The number of halogens is 4. The van der Waals surface area contributed by atoms with Gasteiger partial charge in [-0.05, 0) is 43.2 Å². The summed E-state index contributed by atoms with van der Waals surface area (Å²) in [5, 5.41) is 9.33. The highest BCUT2D eigenvalue weighted by molar-refractivity contribution is 7.89. The summed E-state index contributed by atoms with van der Waals surface area (Å²) in [5.74, 6) is -2.25. The summed E-state index contributed by atoms with van der Waals surface area (Å²) in [6.45, 7) is 0.0647. The van der Waals surface area contributed by atoms with Gasteiger partial charge in [-0.25, -0.2) is 17.9 Å². The van der Waals surface area contributed by atoms with E-state index in [1.54, 1.807) is 0 Å². The van der Waals surface area contributed by atoms with E-state index in [1.165, 1.54) is 23.1 Å². The van der Waals surface area contributed by atoms with Gasteiger partial charge in [0.2, 0.25) is 10.0 Å². The molecule has 0 aromatic heterocycles. The molecule has 0 spiro atoms. The molecule has 1 amide bonds. The number of carbonyl (C=O) groups is 2. The Morgan fingerprint density at radius 2 is 1.69 bits per heavy atom. The molecule has 1 saturated heterocycles. The Balaban J connectivity index is 1.71. The average Bonchev–Trinajstić information content (AvgIpc) is 2.72. The van der Waals surface area contributed by atoms with E-state index in [-0.39, 0.29) is 31.0 Å². The van der Waals surface area contributed by atoms with Gasteiger partial charge >= 0.3 is 12.1 Å². The molecule has 7 nitrogen and oxygen atoms in total. The summed E-state index contributed by atoms with van der Waals surface area (Å²) < 4.78 is 67.4. The molecule has 0 radical (unpaired) electrons. The fourth-order valence-corrected chi connectivity index (χ4v) is 5.13. The van der Waals surface area contributed by atoms with Gasteiger partial charge in [0, 0.05) is 24.2 Å². The van der Waals surface area contributed by atoms with Crippen molar-refractivity contribution in [2.24, 2.45) is 0 Å². The molecule has 0 bridgehead atoms. The number of sulfonamides is 1. The molecule has 3 rings (SSSR count). The SMILES string of the molecule is O=C(O)c1cc(Cl)ccc1S(=O)(=O)NC1CCN(C(=O)c2ccccc2C(F)(F)F)CC1. The Bertz CT molecular complexity index is 1150. The third-order valence-corrected chi connectivity index (χ3v) is 6.84. The molecular weight excluding hydrogens is 473 g/mol. The number of hydrogen-bond donors (Lipinski definition) is 2. The number of carboxylic acids is 1. The quantitative estimate of drug-likeness (QED) is 0.666. The van der Waals surface area contributed by atoms with Gasteiger partial charge in [-0.2, -0.15) is 13.2 Å². The first-order valence-corrected chi connectivity index (χ1v) is 11.3. The third kappa shape index (κ3) is 5.22. The molecular formula is C20H18ClF3N2O5S. The van der Waals surface area contributed by atoms with Crippen LogP contribution in [-0.2, 0) is 16.2 Å². The van der Waals surface area contributed by atoms with Crippen LogP contribution in [0.25, 0.3) is 0 Å². The summed E-state index contributed by atoms with van der Waals surface area (Å²) in [6.07, 6.45) is -4.38. The number of nitrogens with one attached hydrogen (secondary N) is 1. The lowest BCUT2D eigenvalue weighted by Gasteiger charge is -2.32. The number of rotatable bonds is 5. The number of nitrogens with zero attached hydrogens (tertiary/aromatic N) is 1. The number of piperidine rings is 1. The second-order valence-electron chi connectivity index (χ2n) is 7.18. The lowest BCUT2D eigenvalue weighted by atomic mass is 10.0. The minimum absolute atomic E-state index is 0.0324. The number of likely N-dealkylation sites (tertiary alicyclic amines) is 1. The topological polar surface area (TPSA) is 104 Å². The molecule has 0 aliphatic carbocycles. The van der Waals surface area contributed by atoms with Crippen molar-refractivity contribution in [1.29, 1.82) is 0 Å². The molecule has 32 heavy (non-hydrogen) atoms. The van der Waals surface area contributed by atoms with Crippen LogP contribution in [0.15, 0.2) is 47.4 Å². The third-order valence-electron chi connectivity index (χ3n) is 5.03. The van der Waals surface area contributed by atoms with Crippen molar-refractivity contribution in [3.05, 3.63) is 64.2 Å². The molecule has 0 saturated carbocycles. The first-order valence-electron chi connectivity index (χ1n) is 9.41. The minimum Gasteiger partial charge on any atom is -0.478 e. The van der Waals surface area contributed by atoms with Crippen LogP contribution in [-0.4, -0.2) is 49.4 Å².